The second kappa shape index (κ2) is 14.8. The summed E-state index contributed by atoms with van der Waals surface area (Å²) in [5, 5.41) is 0. The molecular formula is C24H35NO11. The molecule has 2 N–H and O–H groups in total. The number of benzene rings is 1. The van der Waals surface area contributed by atoms with Gasteiger partial charge < -0.3 is 38.9 Å². The van der Waals surface area contributed by atoms with Gasteiger partial charge in [0.1, 0.15) is 5.54 Å². The zero-order chi connectivity index (χ0) is 27.3. The number of nitrogens with two attached hydrogens (primary N) is 1. The van der Waals surface area contributed by atoms with Gasteiger partial charge in [0.05, 0.1) is 32.5 Å². The van der Waals surface area contributed by atoms with E-state index in [1.807, 2.05) is 6.92 Å². The van der Waals surface area contributed by atoms with Crippen LogP contribution in [0.3, 0.4) is 0 Å². The molecule has 12 heteroatoms. The van der Waals surface area contributed by atoms with E-state index in [0.29, 0.717) is 12.0 Å². The Morgan fingerprint density at radius 1 is 0.861 bits per heavy atom. The van der Waals surface area contributed by atoms with Crippen molar-refractivity contribution in [1.29, 1.82) is 0 Å². The first-order valence-corrected chi connectivity index (χ1v) is 11.5. The molecule has 0 fully saturated rings. The Labute approximate surface area is 210 Å². The Balaban J connectivity index is 3.14. The highest BCUT2D eigenvalue weighted by Gasteiger charge is 2.36. The fourth-order valence-corrected chi connectivity index (χ4v) is 2.81. The van der Waals surface area contributed by atoms with E-state index < -0.39 is 42.2 Å². The zero-order valence-corrected chi connectivity index (χ0v) is 21.5. The van der Waals surface area contributed by atoms with Crippen molar-refractivity contribution in [1.82, 2.24) is 0 Å². The van der Waals surface area contributed by atoms with Gasteiger partial charge in [-0.25, -0.2) is 14.4 Å². The SMILES string of the molecule is CCCOC(=O)OCC[C@@](N)(Cc1ccc(OC(=O)OC(C)C)c(OC(=O)OC(C)C)c1)C(=O)OC. The summed E-state index contributed by atoms with van der Waals surface area (Å²) in [6.45, 7) is 8.37. The minimum absolute atomic E-state index is 0.0918. The maximum Gasteiger partial charge on any atom is 0.514 e. The molecule has 0 unspecified atom stereocenters. The largest absolute Gasteiger partial charge is 0.514 e. The monoisotopic (exact) mass is 513 g/mol. The van der Waals surface area contributed by atoms with Crippen LogP contribution in [-0.4, -0.2) is 62.5 Å². The smallest absolute Gasteiger partial charge is 0.468 e. The van der Waals surface area contributed by atoms with Gasteiger partial charge >= 0.3 is 24.4 Å². The molecule has 0 aliphatic carbocycles. The Morgan fingerprint density at radius 3 is 1.94 bits per heavy atom. The number of rotatable bonds is 12. The van der Waals surface area contributed by atoms with Gasteiger partial charge in [0, 0.05) is 12.8 Å². The Morgan fingerprint density at radius 2 is 1.42 bits per heavy atom. The first-order chi connectivity index (χ1) is 16.9. The maximum atomic E-state index is 12.5. The quantitative estimate of drug-likeness (QED) is 0.244. The van der Waals surface area contributed by atoms with Gasteiger partial charge in [0.2, 0.25) is 0 Å². The highest BCUT2D eigenvalue weighted by molar-refractivity contribution is 5.81. The second-order valence-corrected chi connectivity index (χ2v) is 8.34. The summed E-state index contributed by atoms with van der Waals surface area (Å²) in [6, 6.07) is 4.23. The van der Waals surface area contributed by atoms with E-state index in [-0.39, 0.29) is 37.6 Å². The van der Waals surface area contributed by atoms with Gasteiger partial charge in [0.15, 0.2) is 11.5 Å². The zero-order valence-electron chi connectivity index (χ0n) is 21.5. The number of carbonyl (C=O) groups excluding carboxylic acids is 4. The van der Waals surface area contributed by atoms with Gasteiger partial charge in [0.25, 0.3) is 0 Å². The summed E-state index contributed by atoms with van der Waals surface area (Å²) < 4.78 is 35.0. The Bertz CT molecular complexity index is 900. The predicted octanol–water partition coefficient (Wildman–Crippen LogP) is 3.90. The summed E-state index contributed by atoms with van der Waals surface area (Å²) >= 11 is 0. The van der Waals surface area contributed by atoms with Gasteiger partial charge in [-0.2, -0.15) is 0 Å². The van der Waals surface area contributed by atoms with Crippen LogP contribution >= 0.6 is 0 Å². The van der Waals surface area contributed by atoms with Crippen LogP contribution in [0.15, 0.2) is 18.2 Å². The minimum atomic E-state index is -1.60. The lowest BCUT2D eigenvalue weighted by atomic mass is 9.88. The van der Waals surface area contributed by atoms with Crippen LogP contribution in [0, 0.1) is 0 Å². The molecule has 0 aliphatic rings. The van der Waals surface area contributed by atoms with E-state index in [4.69, 9.17) is 38.9 Å². The van der Waals surface area contributed by atoms with Gasteiger partial charge in [-0.1, -0.05) is 13.0 Å². The molecule has 1 aromatic rings. The van der Waals surface area contributed by atoms with Crippen LogP contribution < -0.4 is 15.2 Å². The maximum absolute atomic E-state index is 12.5. The van der Waals surface area contributed by atoms with E-state index in [1.54, 1.807) is 27.7 Å². The van der Waals surface area contributed by atoms with Gasteiger partial charge in [-0.3, -0.25) is 4.79 Å². The van der Waals surface area contributed by atoms with Crippen molar-refractivity contribution in [2.75, 3.05) is 20.3 Å². The first-order valence-electron chi connectivity index (χ1n) is 11.5. The molecule has 12 nitrogen and oxygen atoms in total. The van der Waals surface area contributed by atoms with E-state index in [9.17, 15) is 19.2 Å². The Kier molecular flexibility index (Phi) is 12.5. The number of ether oxygens (including phenoxy) is 7. The molecular weight excluding hydrogens is 478 g/mol. The van der Waals surface area contributed by atoms with Crippen molar-refractivity contribution in [3.05, 3.63) is 23.8 Å². The van der Waals surface area contributed by atoms with Crippen molar-refractivity contribution in [3.8, 4) is 11.5 Å². The number of carbonyl (C=O) groups is 4. The van der Waals surface area contributed by atoms with Gasteiger partial charge in [-0.15, -0.1) is 0 Å². The average Bonchev–Trinajstić information content (AvgIpc) is 2.77. The number of esters is 1. The number of methoxy groups -OCH3 is 1. The van der Waals surface area contributed by atoms with Crippen molar-refractivity contribution in [2.45, 2.75) is 71.6 Å². The first kappa shape index (κ1) is 30.5. The number of hydrogen-bond acceptors (Lipinski definition) is 12. The van der Waals surface area contributed by atoms with Crippen LogP contribution in [0.1, 0.15) is 53.0 Å². The molecule has 1 aromatic carbocycles. The lowest BCUT2D eigenvalue weighted by molar-refractivity contribution is -0.147. The lowest BCUT2D eigenvalue weighted by Crippen LogP contribution is -2.51. The third-order valence-corrected chi connectivity index (χ3v) is 4.36. The van der Waals surface area contributed by atoms with E-state index in [0.717, 1.165) is 0 Å². The van der Waals surface area contributed by atoms with Crippen molar-refractivity contribution < 1.29 is 52.3 Å². The van der Waals surface area contributed by atoms with Gasteiger partial charge in [-0.05, 0) is 51.8 Å². The van der Waals surface area contributed by atoms with Crippen molar-refractivity contribution in [2.24, 2.45) is 5.73 Å². The summed E-state index contributed by atoms with van der Waals surface area (Å²) in [5.74, 6) is -1.03. The topological polar surface area (TPSA) is 159 Å². The summed E-state index contributed by atoms with van der Waals surface area (Å²) in [4.78, 5) is 48.1. The Hall–Kier alpha value is -3.54. The van der Waals surface area contributed by atoms with Crippen LogP contribution in [0.2, 0.25) is 0 Å². The third-order valence-electron chi connectivity index (χ3n) is 4.36. The molecule has 0 heterocycles. The molecule has 0 saturated carbocycles. The molecule has 0 bridgehead atoms. The third kappa shape index (κ3) is 10.8. The fourth-order valence-electron chi connectivity index (χ4n) is 2.81. The lowest BCUT2D eigenvalue weighted by Gasteiger charge is -2.26. The normalized spacial score (nSPS) is 12.4. The summed E-state index contributed by atoms with van der Waals surface area (Å²) in [7, 11) is 1.17. The molecule has 0 radical (unpaired) electrons. The van der Waals surface area contributed by atoms with Crippen LogP contribution in [0.5, 0.6) is 11.5 Å². The van der Waals surface area contributed by atoms with Crippen molar-refractivity contribution >= 4 is 24.4 Å². The molecule has 0 amide bonds. The van der Waals surface area contributed by atoms with Crippen LogP contribution in [0.4, 0.5) is 14.4 Å². The second-order valence-electron chi connectivity index (χ2n) is 8.34. The standard InChI is InChI=1S/C24H35NO11/c1-7-11-31-21(27)32-12-10-24(25,20(26)30-6)14-17-8-9-18(35-22(28)33-15(2)3)19(13-17)36-23(29)34-16(4)5/h8-9,13,15-16H,7,10-12,14,25H2,1-6H3/t24-/m1/s1. The number of hydrogen-bond donors (Lipinski definition) is 1. The molecule has 1 rings (SSSR count). The fraction of sp³-hybridized carbons (Fsp3) is 0.583. The molecule has 0 spiro atoms. The molecule has 1 atom stereocenters. The molecule has 36 heavy (non-hydrogen) atoms. The minimum Gasteiger partial charge on any atom is -0.468 e. The molecule has 0 aromatic heterocycles. The van der Waals surface area contributed by atoms with E-state index in [1.165, 1.54) is 25.3 Å². The van der Waals surface area contributed by atoms with Crippen molar-refractivity contribution in [3.63, 3.8) is 0 Å². The summed E-state index contributed by atoms with van der Waals surface area (Å²) in [5.41, 5.74) is 5.14. The van der Waals surface area contributed by atoms with Crippen LogP contribution in [0.25, 0.3) is 0 Å². The van der Waals surface area contributed by atoms with E-state index in [2.05, 4.69) is 0 Å². The molecule has 0 saturated heterocycles. The highest BCUT2D eigenvalue weighted by Crippen LogP contribution is 2.31. The highest BCUT2D eigenvalue weighted by atomic mass is 16.8. The molecule has 202 valence electrons. The summed E-state index contributed by atoms with van der Waals surface area (Å²) in [6.07, 6.45) is -3.38. The predicted molar refractivity (Wildman–Crippen MR) is 126 cm³/mol. The van der Waals surface area contributed by atoms with Crippen LogP contribution in [-0.2, 0) is 34.9 Å². The molecule has 0 aliphatic heterocycles. The van der Waals surface area contributed by atoms with E-state index >= 15 is 0 Å². The average molecular weight is 514 g/mol.